The van der Waals surface area contributed by atoms with Gasteiger partial charge in [-0.3, -0.25) is 0 Å². The van der Waals surface area contributed by atoms with E-state index in [1.165, 1.54) is 14.2 Å². The van der Waals surface area contributed by atoms with E-state index in [2.05, 4.69) is 9.47 Å². The SMILES string of the molecule is COC(=O)[C+]=C(O)OC. The summed E-state index contributed by atoms with van der Waals surface area (Å²) >= 11 is 0. The van der Waals surface area contributed by atoms with Crippen LogP contribution >= 0.6 is 0 Å². The zero-order valence-corrected chi connectivity index (χ0v) is 5.17. The fourth-order valence-electron chi connectivity index (χ4n) is 0.189. The maximum atomic E-state index is 10.2. The molecule has 0 spiro atoms. The van der Waals surface area contributed by atoms with E-state index < -0.39 is 11.9 Å². The summed E-state index contributed by atoms with van der Waals surface area (Å²) < 4.78 is 8.29. The minimum atomic E-state index is -0.769. The Morgan fingerprint density at radius 3 is 2.33 bits per heavy atom. The summed E-state index contributed by atoms with van der Waals surface area (Å²) in [6.07, 6.45) is 1.87. The first kappa shape index (κ1) is 7.72. The first-order valence-corrected chi connectivity index (χ1v) is 2.15. The molecule has 0 saturated carbocycles. The summed E-state index contributed by atoms with van der Waals surface area (Å²) in [5.41, 5.74) is 0. The van der Waals surface area contributed by atoms with Crippen LogP contribution in [0.15, 0.2) is 5.95 Å². The van der Waals surface area contributed by atoms with E-state index >= 15 is 0 Å². The van der Waals surface area contributed by atoms with E-state index in [0.29, 0.717) is 0 Å². The Labute approximate surface area is 52.7 Å². The van der Waals surface area contributed by atoms with Crippen molar-refractivity contribution in [2.45, 2.75) is 0 Å². The molecule has 9 heavy (non-hydrogen) atoms. The highest BCUT2D eigenvalue weighted by molar-refractivity contribution is 5.77. The molecule has 0 heterocycles. The van der Waals surface area contributed by atoms with Crippen LogP contribution in [0.25, 0.3) is 0 Å². The molecular weight excluding hydrogens is 124 g/mol. The average molecular weight is 131 g/mol. The molecular formula is C5H7O4+. The molecule has 0 fully saturated rings. The van der Waals surface area contributed by atoms with Crippen molar-refractivity contribution in [1.82, 2.24) is 0 Å². The summed E-state index contributed by atoms with van der Waals surface area (Å²) in [6.45, 7) is 0. The van der Waals surface area contributed by atoms with Gasteiger partial charge in [-0.05, 0) is 0 Å². The van der Waals surface area contributed by atoms with Crippen molar-refractivity contribution in [1.29, 1.82) is 0 Å². The molecule has 4 nitrogen and oxygen atoms in total. The van der Waals surface area contributed by atoms with Gasteiger partial charge in [-0.2, -0.15) is 4.79 Å². The summed E-state index contributed by atoms with van der Waals surface area (Å²) in [7, 11) is 2.39. The highest BCUT2D eigenvalue weighted by atomic mass is 16.6. The van der Waals surface area contributed by atoms with E-state index in [1.807, 2.05) is 6.08 Å². The number of hydrogen-bond acceptors (Lipinski definition) is 4. The lowest BCUT2D eigenvalue weighted by atomic mass is 10.6. The lowest BCUT2D eigenvalue weighted by Crippen LogP contribution is -1.98. The molecule has 0 amide bonds. The van der Waals surface area contributed by atoms with Gasteiger partial charge >= 0.3 is 18.0 Å². The van der Waals surface area contributed by atoms with E-state index in [1.54, 1.807) is 0 Å². The number of esters is 1. The minimum absolute atomic E-state index is 0.582. The maximum Gasteiger partial charge on any atom is 0.597 e. The summed E-state index contributed by atoms with van der Waals surface area (Å²) in [4.78, 5) is 10.2. The van der Waals surface area contributed by atoms with Crippen molar-refractivity contribution in [3.8, 4) is 0 Å². The molecule has 0 aliphatic heterocycles. The van der Waals surface area contributed by atoms with Crippen LogP contribution in [0.1, 0.15) is 0 Å². The number of rotatable bonds is 2. The van der Waals surface area contributed by atoms with Crippen LogP contribution in [0.4, 0.5) is 0 Å². The second-order valence-electron chi connectivity index (χ2n) is 1.13. The predicted molar refractivity (Wildman–Crippen MR) is 28.4 cm³/mol. The molecule has 0 aliphatic rings. The summed E-state index contributed by atoms with van der Waals surface area (Å²) in [5, 5.41) is 8.44. The number of carbonyl (C=O) groups excluding carboxylic acids is 1. The summed E-state index contributed by atoms with van der Waals surface area (Å²) in [6, 6.07) is 0. The van der Waals surface area contributed by atoms with Gasteiger partial charge in [0.25, 0.3) is 0 Å². The number of aliphatic hydroxyl groups is 1. The molecule has 0 aromatic heterocycles. The zero-order valence-electron chi connectivity index (χ0n) is 5.17. The van der Waals surface area contributed by atoms with Gasteiger partial charge in [0.2, 0.25) is 0 Å². The fourth-order valence-corrected chi connectivity index (χ4v) is 0.189. The molecule has 0 unspecified atom stereocenters. The Kier molecular flexibility index (Phi) is 3.16. The van der Waals surface area contributed by atoms with Gasteiger partial charge < -0.3 is 14.6 Å². The molecule has 0 aromatic carbocycles. The second-order valence-corrected chi connectivity index (χ2v) is 1.13. The molecule has 1 N–H and O–H groups in total. The number of ether oxygens (including phenoxy) is 2. The van der Waals surface area contributed by atoms with Crippen LogP contribution in [-0.4, -0.2) is 25.3 Å². The number of methoxy groups -OCH3 is 2. The Balaban J connectivity index is 3.79. The highest BCUT2D eigenvalue weighted by Gasteiger charge is 2.19. The third kappa shape index (κ3) is 3.32. The zero-order chi connectivity index (χ0) is 7.28. The van der Waals surface area contributed by atoms with Gasteiger partial charge in [-0.25, -0.2) is 0 Å². The Bertz CT molecular complexity index is 127. The Hall–Kier alpha value is -1.28. The van der Waals surface area contributed by atoms with Crippen LogP contribution in [-0.2, 0) is 14.3 Å². The second kappa shape index (κ2) is 3.69. The molecule has 0 aliphatic carbocycles. The standard InChI is InChI=1S/C5H6O4/c1-8-4(6)3-5(7)9-2/h1-2H3/p+1. The lowest BCUT2D eigenvalue weighted by Gasteiger charge is -1.80. The first-order chi connectivity index (χ1) is 4.20. The molecule has 0 bridgehead atoms. The molecule has 0 atom stereocenters. The molecule has 0 saturated heterocycles. The topological polar surface area (TPSA) is 55.8 Å². The number of carbonyl (C=O) groups is 1. The van der Waals surface area contributed by atoms with E-state index in [9.17, 15) is 4.79 Å². The number of aliphatic hydroxyl groups excluding tert-OH is 1. The lowest BCUT2D eigenvalue weighted by molar-refractivity contribution is -0.136. The van der Waals surface area contributed by atoms with Crippen molar-refractivity contribution < 1.29 is 19.4 Å². The number of hydrogen-bond donors (Lipinski definition) is 1. The van der Waals surface area contributed by atoms with Gasteiger partial charge in [-0.15, -0.1) is 0 Å². The molecule has 0 radical (unpaired) electrons. The van der Waals surface area contributed by atoms with Crippen molar-refractivity contribution in [2.24, 2.45) is 0 Å². The smallest absolute Gasteiger partial charge is 0.439 e. The van der Waals surface area contributed by atoms with Crippen LogP contribution in [0.2, 0.25) is 0 Å². The highest BCUT2D eigenvalue weighted by Crippen LogP contribution is 1.86. The van der Waals surface area contributed by atoms with Gasteiger partial charge in [0.1, 0.15) is 0 Å². The normalized spacial score (nSPS) is 9.78. The average Bonchev–Trinajstić information content (AvgIpc) is 1.87. The Morgan fingerprint density at radius 2 is 2.00 bits per heavy atom. The minimum Gasteiger partial charge on any atom is -0.439 e. The predicted octanol–water partition coefficient (Wildman–Crippen LogP) is 0.00839. The molecule has 50 valence electrons. The van der Waals surface area contributed by atoms with Crippen molar-refractivity contribution in [3.63, 3.8) is 0 Å². The molecule has 0 rings (SSSR count). The van der Waals surface area contributed by atoms with Crippen molar-refractivity contribution in [2.75, 3.05) is 14.2 Å². The monoisotopic (exact) mass is 131 g/mol. The Morgan fingerprint density at radius 1 is 1.44 bits per heavy atom. The van der Waals surface area contributed by atoms with Crippen LogP contribution in [0, 0.1) is 6.08 Å². The van der Waals surface area contributed by atoms with Gasteiger partial charge in [-0.1, -0.05) is 0 Å². The van der Waals surface area contributed by atoms with Crippen molar-refractivity contribution in [3.05, 3.63) is 12.0 Å². The van der Waals surface area contributed by atoms with Gasteiger partial charge in [0, 0.05) is 0 Å². The quantitative estimate of drug-likeness (QED) is 0.248. The largest absolute Gasteiger partial charge is 0.597 e. The van der Waals surface area contributed by atoms with Gasteiger partial charge in [0.05, 0.1) is 14.2 Å². The van der Waals surface area contributed by atoms with E-state index in [0.717, 1.165) is 0 Å². The van der Waals surface area contributed by atoms with Crippen LogP contribution < -0.4 is 0 Å². The first-order valence-electron chi connectivity index (χ1n) is 2.15. The van der Waals surface area contributed by atoms with Crippen LogP contribution in [0.3, 0.4) is 0 Å². The third-order valence-electron chi connectivity index (χ3n) is 0.588. The third-order valence-corrected chi connectivity index (χ3v) is 0.588. The molecule has 4 heteroatoms. The van der Waals surface area contributed by atoms with E-state index in [-0.39, 0.29) is 0 Å². The summed E-state index contributed by atoms with van der Waals surface area (Å²) in [5.74, 6) is -1.35. The van der Waals surface area contributed by atoms with Crippen LogP contribution in [0.5, 0.6) is 0 Å². The maximum absolute atomic E-state index is 10.2. The van der Waals surface area contributed by atoms with Gasteiger partial charge in [0.15, 0.2) is 0 Å². The van der Waals surface area contributed by atoms with E-state index in [4.69, 9.17) is 5.11 Å². The molecule has 0 aromatic rings. The fraction of sp³-hybridized carbons (Fsp3) is 0.400. The van der Waals surface area contributed by atoms with Crippen molar-refractivity contribution >= 4 is 5.97 Å².